The number of esters is 1. The molecule has 0 atom stereocenters. The van der Waals surface area contributed by atoms with Gasteiger partial charge in [-0.3, -0.25) is 4.79 Å². The first-order chi connectivity index (χ1) is 12.4. The molecule has 26 heavy (non-hydrogen) atoms. The van der Waals surface area contributed by atoms with Gasteiger partial charge in [0, 0.05) is 12.7 Å². The predicted molar refractivity (Wildman–Crippen MR) is 103 cm³/mol. The molecule has 0 saturated carbocycles. The van der Waals surface area contributed by atoms with E-state index in [1.807, 2.05) is 0 Å². The van der Waals surface area contributed by atoms with Crippen molar-refractivity contribution < 1.29 is 14.3 Å². The lowest BCUT2D eigenvalue weighted by atomic mass is 10.1. The van der Waals surface area contributed by atoms with Gasteiger partial charge in [0.15, 0.2) is 0 Å². The summed E-state index contributed by atoms with van der Waals surface area (Å²) in [5.41, 5.74) is 1.02. The molecule has 0 aliphatic carbocycles. The summed E-state index contributed by atoms with van der Waals surface area (Å²) in [4.78, 5) is 28.2. The van der Waals surface area contributed by atoms with E-state index in [2.05, 4.69) is 34.2 Å². The van der Waals surface area contributed by atoms with Crippen molar-refractivity contribution in [3.05, 3.63) is 52.7 Å². The van der Waals surface area contributed by atoms with Crippen molar-refractivity contribution in [2.75, 3.05) is 24.3 Å². The summed E-state index contributed by atoms with van der Waals surface area (Å²) >= 11 is 6.09. The fourth-order valence-corrected chi connectivity index (χ4v) is 2.35. The van der Waals surface area contributed by atoms with E-state index in [0.717, 1.165) is 13.0 Å². The molecular weight excluding hydrogens is 354 g/mol. The normalized spacial score (nSPS) is 10.5. The number of anilines is 2. The van der Waals surface area contributed by atoms with Crippen molar-refractivity contribution in [2.45, 2.75) is 20.3 Å². The minimum atomic E-state index is -0.504. The Hall–Kier alpha value is -2.60. The number of halogens is 1. The Morgan fingerprint density at radius 3 is 2.54 bits per heavy atom. The van der Waals surface area contributed by atoms with Crippen LogP contribution >= 0.6 is 11.6 Å². The van der Waals surface area contributed by atoms with Gasteiger partial charge in [0.25, 0.3) is 5.91 Å². The average Bonchev–Trinajstić information content (AvgIpc) is 2.63. The molecule has 1 aromatic carbocycles. The summed E-state index contributed by atoms with van der Waals surface area (Å²) in [6, 6.07) is 7.97. The third kappa shape index (κ3) is 5.46. The lowest BCUT2D eigenvalue weighted by molar-refractivity contribution is 0.0600. The minimum absolute atomic E-state index is 0.301. The molecule has 2 rings (SSSR count). The first-order valence-corrected chi connectivity index (χ1v) is 8.67. The molecule has 1 heterocycles. The highest BCUT2D eigenvalue weighted by Crippen LogP contribution is 2.24. The van der Waals surface area contributed by atoms with E-state index in [9.17, 15) is 9.59 Å². The molecule has 0 unspecified atom stereocenters. The van der Waals surface area contributed by atoms with Gasteiger partial charge in [-0.1, -0.05) is 25.4 Å². The molecule has 6 nitrogen and oxygen atoms in total. The van der Waals surface area contributed by atoms with Gasteiger partial charge in [-0.05, 0) is 42.7 Å². The molecule has 2 N–H and O–H groups in total. The Morgan fingerprint density at radius 2 is 1.92 bits per heavy atom. The third-order valence-corrected chi connectivity index (χ3v) is 4.02. The predicted octanol–water partition coefficient (Wildman–Crippen LogP) is 4.23. The van der Waals surface area contributed by atoms with E-state index in [1.165, 1.54) is 31.5 Å². The number of amides is 1. The van der Waals surface area contributed by atoms with Crippen LogP contribution in [0, 0.1) is 5.92 Å². The first-order valence-electron chi connectivity index (χ1n) is 8.30. The zero-order valence-electron chi connectivity index (χ0n) is 15.0. The fraction of sp³-hybridized carbons (Fsp3) is 0.316. The monoisotopic (exact) mass is 375 g/mol. The van der Waals surface area contributed by atoms with E-state index in [-0.39, 0.29) is 5.91 Å². The number of nitrogens with one attached hydrogen (secondary N) is 2. The summed E-state index contributed by atoms with van der Waals surface area (Å²) in [6.07, 6.45) is 2.53. The van der Waals surface area contributed by atoms with E-state index in [1.54, 1.807) is 12.1 Å². The number of ether oxygens (including phenoxy) is 1. The summed E-state index contributed by atoms with van der Waals surface area (Å²) < 4.78 is 4.67. The number of rotatable bonds is 7. The quantitative estimate of drug-likeness (QED) is 0.708. The minimum Gasteiger partial charge on any atom is -0.465 e. The van der Waals surface area contributed by atoms with Gasteiger partial charge >= 0.3 is 5.97 Å². The molecule has 0 bridgehead atoms. The SMILES string of the molecule is COC(=O)c1ccc(Cl)c(NC(=O)c2ccc(NCCC(C)C)nc2)c1. The molecule has 0 fully saturated rings. The van der Waals surface area contributed by atoms with E-state index in [0.29, 0.717) is 33.6 Å². The van der Waals surface area contributed by atoms with Gasteiger partial charge in [-0.15, -0.1) is 0 Å². The van der Waals surface area contributed by atoms with Crippen molar-refractivity contribution in [1.82, 2.24) is 4.98 Å². The van der Waals surface area contributed by atoms with Crippen molar-refractivity contribution in [3.63, 3.8) is 0 Å². The van der Waals surface area contributed by atoms with Crippen LogP contribution in [-0.2, 0) is 4.74 Å². The van der Waals surface area contributed by atoms with Crippen LogP contribution in [0.25, 0.3) is 0 Å². The maximum atomic E-state index is 12.4. The summed E-state index contributed by atoms with van der Waals surface area (Å²) in [5, 5.41) is 6.22. The standard InChI is InChI=1S/C19H22ClN3O3/c1-12(2)8-9-21-17-7-5-14(11-22-17)18(24)23-16-10-13(19(25)26-3)4-6-15(16)20/h4-7,10-12H,8-9H2,1-3H3,(H,21,22)(H,23,24). The highest BCUT2D eigenvalue weighted by molar-refractivity contribution is 6.34. The molecule has 0 spiro atoms. The molecule has 0 radical (unpaired) electrons. The summed E-state index contributed by atoms with van der Waals surface area (Å²) in [7, 11) is 1.29. The van der Waals surface area contributed by atoms with E-state index >= 15 is 0 Å². The number of hydrogen-bond acceptors (Lipinski definition) is 5. The maximum Gasteiger partial charge on any atom is 0.337 e. The van der Waals surface area contributed by atoms with Gasteiger partial charge in [0.2, 0.25) is 0 Å². The highest BCUT2D eigenvalue weighted by atomic mass is 35.5. The number of nitrogens with zero attached hydrogens (tertiary/aromatic N) is 1. The number of benzene rings is 1. The first kappa shape index (κ1) is 19.7. The van der Waals surface area contributed by atoms with Gasteiger partial charge < -0.3 is 15.4 Å². The molecule has 2 aromatic rings. The molecule has 0 aliphatic rings. The third-order valence-electron chi connectivity index (χ3n) is 3.69. The average molecular weight is 376 g/mol. The number of hydrogen-bond donors (Lipinski definition) is 2. The summed E-state index contributed by atoms with van der Waals surface area (Å²) in [5.74, 6) is 0.455. The van der Waals surface area contributed by atoms with Crippen LogP contribution in [0.5, 0.6) is 0 Å². The molecule has 1 aromatic heterocycles. The largest absolute Gasteiger partial charge is 0.465 e. The smallest absolute Gasteiger partial charge is 0.337 e. The van der Waals surface area contributed by atoms with Crippen LogP contribution < -0.4 is 10.6 Å². The number of carbonyl (C=O) groups excluding carboxylic acids is 2. The van der Waals surface area contributed by atoms with Crippen LogP contribution in [0.1, 0.15) is 41.0 Å². The van der Waals surface area contributed by atoms with Crippen LogP contribution in [0.4, 0.5) is 11.5 Å². The lowest BCUT2D eigenvalue weighted by Crippen LogP contribution is -2.14. The van der Waals surface area contributed by atoms with Crippen molar-refractivity contribution >= 4 is 35.0 Å². The van der Waals surface area contributed by atoms with Gasteiger partial charge in [-0.2, -0.15) is 0 Å². The Kier molecular flexibility index (Phi) is 6.97. The van der Waals surface area contributed by atoms with Crippen molar-refractivity contribution in [3.8, 4) is 0 Å². The molecule has 7 heteroatoms. The van der Waals surface area contributed by atoms with Crippen molar-refractivity contribution in [2.24, 2.45) is 5.92 Å². The van der Waals surface area contributed by atoms with E-state index < -0.39 is 5.97 Å². The number of methoxy groups -OCH3 is 1. The zero-order valence-corrected chi connectivity index (χ0v) is 15.8. The molecular formula is C19H22ClN3O3. The highest BCUT2D eigenvalue weighted by Gasteiger charge is 2.13. The Balaban J connectivity index is 2.04. The van der Waals surface area contributed by atoms with Gasteiger partial charge in [0.05, 0.1) is 28.9 Å². The molecule has 1 amide bonds. The zero-order chi connectivity index (χ0) is 19.1. The van der Waals surface area contributed by atoms with Gasteiger partial charge in [0.1, 0.15) is 5.82 Å². The van der Waals surface area contributed by atoms with Crippen LogP contribution in [0.3, 0.4) is 0 Å². The second-order valence-corrected chi connectivity index (χ2v) is 6.59. The van der Waals surface area contributed by atoms with Gasteiger partial charge in [-0.25, -0.2) is 9.78 Å². The van der Waals surface area contributed by atoms with Crippen LogP contribution in [0.2, 0.25) is 5.02 Å². The van der Waals surface area contributed by atoms with Crippen molar-refractivity contribution in [1.29, 1.82) is 0 Å². The molecule has 0 aliphatic heterocycles. The number of aromatic nitrogens is 1. The second-order valence-electron chi connectivity index (χ2n) is 6.18. The van der Waals surface area contributed by atoms with Crippen LogP contribution in [0.15, 0.2) is 36.5 Å². The summed E-state index contributed by atoms with van der Waals surface area (Å²) in [6.45, 7) is 5.14. The van der Waals surface area contributed by atoms with Crippen LogP contribution in [-0.4, -0.2) is 30.5 Å². The Bertz CT molecular complexity index is 776. The Labute approximate surface area is 157 Å². The topological polar surface area (TPSA) is 80.3 Å². The molecule has 138 valence electrons. The lowest BCUT2D eigenvalue weighted by Gasteiger charge is -2.10. The Morgan fingerprint density at radius 1 is 1.19 bits per heavy atom. The fourth-order valence-electron chi connectivity index (χ4n) is 2.18. The number of pyridine rings is 1. The molecule has 0 saturated heterocycles. The maximum absolute atomic E-state index is 12.4. The second kappa shape index (κ2) is 9.20. The number of carbonyl (C=O) groups is 2. The van der Waals surface area contributed by atoms with E-state index in [4.69, 9.17) is 11.6 Å².